The van der Waals surface area contributed by atoms with Gasteiger partial charge in [0.25, 0.3) is 5.56 Å². The van der Waals surface area contributed by atoms with Gasteiger partial charge in [-0.2, -0.15) is 0 Å². The topological polar surface area (TPSA) is 70.3 Å². The summed E-state index contributed by atoms with van der Waals surface area (Å²) in [4.78, 5) is 35.5. The van der Waals surface area contributed by atoms with E-state index in [1.165, 1.54) is 24.9 Å². The summed E-state index contributed by atoms with van der Waals surface area (Å²) in [6.07, 6.45) is 1.80. The molecule has 0 aliphatic rings. The van der Waals surface area contributed by atoms with Crippen molar-refractivity contribution in [2.45, 2.75) is 26.3 Å². The van der Waals surface area contributed by atoms with Gasteiger partial charge in [-0.3, -0.25) is 13.9 Å². The van der Waals surface area contributed by atoms with Gasteiger partial charge in [0.15, 0.2) is 0 Å². The Bertz CT molecular complexity index is 588. The Balaban J connectivity index is 3.43. The normalized spacial score (nSPS) is 12.5. The number of rotatable bonds is 4. The maximum absolute atomic E-state index is 12.1. The molecule has 19 heavy (non-hydrogen) atoms. The minimum atomic E-state index is -0.736. The van der Waals surface area contributed by atoms with Crippen LogP contribution < -0.4 is 11.2 Å². The quantitative estimate of drug-likeness (QED) is 0.773. The standard InChI is InChI=1S/C12H17BrN2O4/c1-7(2)5-9(11(17)19-4)15-6-8(13)10(16)14(3)12(15)18/h6-7,9H,5H2,1-4H3/t9-/m0/s1. The van der Waals surface area contributed by atoms with E-state index >= 15 is 0 Å². The van der Waals surface area contributed by atoms with Crippen LogP contribution in [-0.2, 0) is 16.6 Å². The van der Waals surface area contributed by atoms with Gasteiger partial charge in [0, 0.05) is 13.2 Å². The van der Waals surface area contributed by atoms with Crippen LogP contribution in [0.1, 0.15) is 26.3 Å². The lowest BCUT2D eigenvalue weighted by Gasteiger charge is -2.20. The molecule has 7 heteroatoms. The molecule has 0 spiro atoms. The van der Waals surface area contributed by atoms with E-state index in [0.717, 1.165) is 4.57 Å². The summed E-state index contributed by atoms with van der Waals surface area (Å²) in [6, 6.07) is -0.736. The zero-order valence-corrected chi connectivity index (χ0v) is 12.9. The van der Waals surface area contributed by atoms with E-state index in [0.29, 0.717) is 6.42 Å². The van der Waals surface area contributed by atoms with E-state index in [4.69, 9.17) is 4.74 Å². The molecular formula is C12H17BrN2O4. The number of hydrogen-bond donors (Lipinski definition) is 0. The number of carbonyl (C=O) groups is 1. The van der Waals surface area contributed by atoms with E-state index in [1.807, 2.05) is 13.8 Å². The average molecular weight is 333 g/mol. The monoisotopic (exact) mass is 332 g/mol. The second-order valence-corrected chi connectivity index (χ2v) is 5.55. The molecule has 1 aromatic heterocycles. The lowest BCUT2D eigenvalue weighted by molar-refractivity contribution is -0.145. The Hall–Kier alpha value is -1.37. The molecule has 0 fully saturated rings. The molecule has 6 nitrogen and oxygen atoms in total. The Morgan fingerprint density at radius 2 is 2.00 bits per heavy atom. The van der Waals surface area contributed by atoms with Gasteiger partial charge in [-0.1, -0.05) is 13.8 Å². The Morgan fingerprint density at radius 1 is 1.42 bits per heavy atom. The minimum absolute atomic E-state index is 0.201. The van der Waals surface area contributed by atoms with Crippen LogP contribution in [0.25, 0.3) is 0 Å². The molecule has 0 unspecified atom stereocenters. The van der Waals surface area contributed by atoms with Crippen molar-refractivity contribution in [3.8, 4) is 0 Å². The van der Waals surface area contributed by atoms with Crippen molar-refractivity contribution in [1.29, 1.82) is 0 Å². The molecule has 0 N–H and O–H groups in total. The van der Waals surface area contributed by atoms with Gasteiger partial charge >= 0.3 is 11.7 Å². The fourth-order valence-electron chi connectivity index (χ4n) is 1.78. The summed E-state index contributed by atoms with van der Waals surface area (Å²) in [5.74, 6) is -0.298. The van der Waals surface area contributed by atoms with E-state index in [-0.39, 0.29) is 10.4 Å². The van der Waals surface area contributed by atoms with Gasteiger partial charge in [-0.05, 0) is 28.3 Å². The van der Waals surface area contributed by atoms with E-state index in [9.17, 15) is 14.4 Å². The molecule has 0 bridgehead atoms. The van der Waals surface area contributed by atoms with Gasteiger partial charge in [0.1, 0.15) is 6.04 Å². The van der Waals surface area contributed by atoms with Crippen LogP contribution >= 0.6 is 15.9 Å². The molecule has 106 valence electrons. The number of ether oxygens (including phenoxy) is 1. The molecular weight excluding hydrogens is 316 g/mol. The summed E-state index contributed by atoms with van der Waals surface area (Å²) in [7, 11) is 2.65. The molecule has 1 atom stereocenters. The zero-order valence-electron chi connectivity index (χ0n) is 11.3. The molecule has 0 amide bonds. The van der Waals surface area contributed by atoms with Crippen LogP contribution in [-0.4, -0.2) is 22.2 Å². The third-order valence-electron chi connectivity index (χ3n) is 2.77. The fraction of sp³-hybridized carbons (Fsp3) is 0.583. The van der Waals surface area contributed by atoms with Crippen molar-refractivity contribution in [3.05, 3.63) is 31.5 Å². The van der Waals surface area contributed by atoms with Crippen LogP contribution in [0, 0.1) is 5.92 Å². The molecule has 0 aromatic carbocycles. The number of methoxy groups -OCH3 is 1. The van der Waals surface area contributed by atoms with Crippen molar-refractivity contribution >= 4 is 21.9 Å². The van der Waals surface area contributed by atoms with Crippen molar-refractivity contribution in [3.63, 3.8) is 0 Å². The smallest absolute Gasteiger partial charge is 0.331 e. The highest BCUT2D eigenvalue weighted by Gasteiger charge is 2.25. The number of hydrogen-bond acceptors (Lipinski definition) is 4. The highest BCUT2D eigenvalue weighted by Crippen LogP contribution is 2.18. The first-order valence-corrected chi connectivity index (χ1v) is 6.64. The van der Waals surface area contributed by atoms with E-state index in [1.54, 1.807) is 0 Å². The Labute approximate surface area is 119 Å². The molecule has 0 radical (unpaired) electrons. The number of halogens is 1. The van der Waals surface area contributed by atoms with Crippen LogP contribution in [0.2, 0.25) is 0 Å². The summed E-state index contributed by atoms with van der Waals surface area (Å²) in [5, 5.41) is 0. The number of aromatic nitrogens is 2. The predicted molar refractivity (Wildman–Crippen MR) is 74.2 cm³/mol. The first-order chi connectivity index (χ1) is 8.79. The largest absolute Gasteiger partial charge is 0.467 e. The number of carbonyl (C=O) groups excluding carboxylic acids is 1. The van der Waals surface area contributed by atoms with Crippen LogP contribution in [0.15, 0.2) is 20.3 Å². The SMILES string of the molecule is COC(=O)[C@H](CC(C)C)n1cc(Br)c(=O)n(C)c1=O. The lowest BCUT2D eigenvalue weighted by Crippen LogP contribution is -2.41. The van der Waals surface area contributed by atoms with Crippen molar-refractivity contribution in [2.75, 3.05) is 7.11 Å². The fourth-order valence-corrected chi connectivity index (χ4v) is 2.27. The van der Waals surface area contributed by atoms with Gasteiger partial charge in [-0.25, -0.2) is 9.59 Å². The summed E-state index contributed by atoms with van der Waals surface area (Å²) in [6.45, 7) is 3.88. The second kappa shape index (κ2) is 6.18. The number of esters is 1. The van der Waals surface area contributed by atoms with Crippen LogP contribution in [0.4, 0.5) is 0 Å². The van der Waals surface area contributed by atoms with Gasteiger partial charge in [-0.15, -0.1) is 0 Å². The van der Waals surface area contributed by atoms with E-state index < -0.39 is 23.3 Å². The first-order valence-electron chi connectivity index (χ1n) is 5.85. The molecule has 1 heterocycles. The zero-order chi connectivity index (χ0) is 14.7. The number of nitrogens with zero attached hydrogens (tertiary/aromatic N) is 2. The summed E-state index contributed by atoms with van der Waals surface area (Å²) >= 11 is 3.09. The van der Waals surface area contributed by atoms with Crippen molar-refractivity contribution < 1.29 is 9.53 Å². The second-order valence-electron chi connectivity index (χ2n) is 4.70. The molecule has 1 aromatic rings. The van der Waals surface area contributed by atoms with Gasteiger partial charge < -0.3 is 4.74 Å². The maximum atomic E-state index is 12.1. The molecule has 0 aliphatic heterocycles. The highest BCUT2D eigenvalue weighted by atomic mass is 79.9. The lowest BCUT2D eigenvalue weighted by atomic mass is 10.0. The third-order valence-corrected chi connectivity index (χ3v) is 3.32. The van der Waals surface area contributed by atoms with Gasteiger partial charge in [0.05, 0.1) is 11.6 Å². The van der Waals surface area contributed by atoms with Crippen LogP contribution in [0.3, 0.4) is 0 Å². The van der Waals surface area contributed by atoms with E-state index in [2.05, 4.69) is 15.9 Å². The highest BCUT2D eigenvalue weighted by molar-refractivity contribution is 9.10. The van der Waals surface area contributed by atoms with Crippen molar-refractivity contribution in [2.24, 2.45) is 13.0 Å². The molecule has 0 saturated carbocycles. The van der Waals surface area contributed by atoms with Gasteiger partial charge in [0.2, 0.25) is 0 Å². The molecule has 0 aliphatic carbocycles. The summed E-state index contributed by atoms with van der Waals surface area (Å²) in [5.41, 5.74) is -0.973. The third kappa shape index (κ3) is 3.34. The average Bonchev–Trinajstić information content (AvgIpc) is 2.37. The Kier molecular flexibility index (Phi) is 5.11. The Morgan fingerprint density at radius 3 is 2.47 bits per heavy atom. The molecule has 0 saturated heterocycles. The summed E-state index contributed by atoms with van der Waals surface area (Å²) < 4.78 is 7.15. The van der Waals surface area contributed by atoms with Crippen LogP contribution in [0.5, 0.6) is 0 Å². The minimum Gasteiger partial charge on any atom is -0.467 e. The van der Waals surface area contributed by atoms with Crippen molar-refractivity contribution in [1.82, 2.24) is 9.13 Å². The molecule has 1 rings (SSSR count). The predicted octanol–water partition coefficient (Wildman–Crippen LogP) is 1.07. The maximum Gasteiger partial charge on any atom is 0.331 e. The first kappa shape index (κ1) is 15.7.